The lowest BCUT2D eigenvalue weighted by atomic mass is 9.87. The van der Waals surface area contributed by atoms with Gasteiger partial charge < -0.3 is 0 Å². The molecule has 6 heteroatoms. The van der Waals surface area contributed by atoms with Crippen LogP contribution in [0.15, 0.2) is 71.9 Å². The Morgan fingerprint density at radius 3 is 2.43 bits per heavy atom. The van der Waals surface area contributed by atoms with E-state index in [1.165, 1.54) is 0 Å². The molecule has 0 aliphatic carbocycles. The molecule has 2 aromatic carbocycles. The fourth-order valence-electron chi connectivity index (χ4n) is 3.59. The lowest BCUT2D eigenvalue weighted by molar-refractivity contribution is 0.585. The predicted octanol–water partition coefficient (Wildman–Crippen LogP) is 5.00. The van der Waals surface area contributed by atoms with Crippen molar-refractivity contribution in [3.8, 4) is 5.69 Å². The van der Waals surface area contributed by atoms with Gasteiger partial charge in [-0.2, -0.15) is 5.10 Å². The highest BCUT2D eigenvalue weighted by Gasteiger charge is 2.21. The zero-order chi connectivity index (χ0) is 21.5. The molecule has 0 aliphatic rings. The maximum atomic E-state index is 13.2. The van der Waals surface area contributed by atoms with E-state index in [0.717, 1.165) is 27.7 Å². The molecular weight excluding hydrogens is 394 g/mol. The van der Waals surface area contributed by atoms with Gasteiger partial charge in [-0.05, 0) is 48.2 Å². The van der Waals surface area contributed by atoms with Gasteiger partial charge in [0.25, 0.3) is 0 Å². The number of aryl methyl sites for hydroxylation is 1. The van der Waals surface area contributed by atoms with Crippen LogP contribution in [0, 0.1) is 6.92 Å². The number of pyridine rings is 1. The van der Waals surface area contributed by atoms with Gasteiger partial charge in [-0.1, -0.05) is 45.0 Å². The van der Waals surface area contributed by atoms with Crippen LogP contribution < -0.4 is 0 Å². The second-order valence-electron chi connectivity index (χ2n) is 8.60. The van der Waals surface area contributed by atoms with Gasteiger partial charge in [0.15, 0.2) is 9.84 Å². The number of benzene rings is 2. The van der Waals surface area contributed by atoms with Crippen molar-refractivity contribution in [3.05, 3.63) is 83.9 Å². The Labute approximate surface area is 177 Å². The Hall–Kier alpha value is -2.99. The summed E-state index contributed by atoms with van der Waals surface area (Å²) >= 11 is 0. The molecule has 0 N–H and O–H groups in total. The van der Waals surface area contributed by atoms with Crippen LogP contribution in [-0.4, -0.2) is 23.2 Å². The highest BCUT2D eigenvalue weighted by molar-refractivity contribution is 7.90. The molecule has 0 unspecified atom stereocenters. The van der Waals surface area contributed by atoms with Crippen molar-refractivity contribution >= 4 is 20.6 Å². The Morgan fingerprint density at radius 1 is 1.00 bits per heavy atom. The first-order valence-electron chi connectivity index (χ1n) is 9.87. The molecule has 154 valence electrons. The van der Waals surface area contributed by atoms with Crippen molar-refractivity contribution in [2.24, 2.45) is 0 Å². The second kappa shape index (κ2) is 7.36. The molecule has 5 nitrogen and oxygen atoms in total. The smallest absolute Gasteiger partial charge is 0.184 e. The topological polar surface area (TPSA) is 64.8 Å². The highest BCUT2D eigenvalue weighted by Crippen LogP contribution is 2.27. The molecule has 4 rings (SSSR count). The molecular formula is C24H25N3O2S. The monoisotopic (exact) mass is 419 g/mol. The number of aromatic nitrogens is 3. The summed E-state index contributed by atoms with van der Waals surface area (Å²) in [6, 6.07) is 16.8. The number of fused-ring (bicyclic) bond motifs is 1. The minimum absolute atomic E-state index is 0.0265. The van der Waals surface area contributed by atoms with E-state index < -0.39 is 9.84 Å². The van der Waals surface area contributed by atoms with Gasteiger partial charge in [-0.3, -0.25) is 4.98 Å². The second-order valence-corrected chi connectivity index (χ2v) is 10.6. The quantitative estimate of drug-likeness (QED) is 0.467. The Balaban J connectivity index is 1.74. The minimum atomic E-state index is -3.52. The van der Waals surface area contributed by atoms with Crippen molar-refractivity contribution in [1.82, 2.24) is 14.8 Å². The molecule has 2 heterocycles. The van der Waals surface area contributed by atoms with Crippen LogP contribution in [0.25, 0.3) is 16.5 Å². The molecule has 30 heavy (non-hydrogen) atoms. The van der Waals surface area contributed by atoms with Gasteiger partial charge >= 0.3 is 0 Å². The van der Waals surface area contributed by atoms with Gasteiger partial charge in [0.1, 0.15) is 0 Å². The zero-order valence-electron chi connectivity index (χ0n) is 17.6. The lowest BCUT2D eigenvalue weighted by Gasteiger charge is -2.19. The van der Waals surface area contributed by atoms with Crippen LogP contribution >= 0.6 is 0 Å². The van der Waals surface area contributed by atoms with Gasteiger partial charge in [-0.25, -0.2) is 13.1 Å². The standard InChI is InChI=1S/C24H25N3O2S/c1-17-14-20(16-30(28,29)21-10-8-19(9-11-21)24(2,3)4)27(26-17)23-7-5-6-18-15-25-13-12-22(18)23/h5-15H,16H2,1-4H3. The third-order valence-corrected chi connectivity index (χ3v) is 6.87. The van der Waals surface area contributed by atoms with E-state index >= 15 is 0 Å². The largest absolute Gasteiger partial charge is 0.264 e. The molecule has 0 saturated heterocycles. The number of rotatable bonds is 4. The van der Waals surface area contributed by atoms with Crippen LogP contribution in [-0.2, 0) is 21.0 Å². The summed E-state index contributed by atoms with van der Waals surface area (Å²) in [6.07, 6.45) is 3.53. The van der Waals surface area contributed by atoms with E-state index in [1.807, 2.05) is 49.4 Å². The molecule has 0 atom stereocenters. The first-order chi connectivity index (χ1) is 14.1. The molecule has 0 radical (unpaired) electrons. The van der Waals surface area contributed by atoms with Gasteiger partial charge in [0.05, 0.1) is 27.7 Å². The van der Waals surface area contributed by atoms with Crippen molar-refractivity contribution in [3.63, 3.8) is 0 Å². The Kier molecular flexibility index (Phi) is 4.98. The molecule has 0 amide bonds. The van der Waals surface area contributed by atoms with Crippen LogP contribution in [0.2, 0.25) is 0 Å². The average Bonchev–Trinajstić information content (AvgIpc) is 3.06. The lowest BCUT2D eigenvalue weighted by Crippen LogP contribution is -2.13. The van der Waals surface area contributed by atoms with Crippen molar-refractivity contribution in [2.75, 3.05) is 0 Å². The third kappa shape index (κ3) is 3.87. The van der Waals surface area contributed by atoms with Crippen molar-refractivity contribution in [1.29, 1.82) is 0 Å². The van der Waals surface area contributed by atoms with E-state index in [1.54, 1.807) is 29.2 Å². The van der Waals surface area contributed by atoms with Crippen molar-refractivity contribution in [2.45, 2.75) is 43.8 Å². The number of sulfone groups is 1. The first kappa shape index (κ1) is 20.3. The maximum Gasteiger partial charge on any atom is 0.184 e. The van der Waals surface area contributed by atoms with Crippen molar-refractivity contribution < 1.29 is 8.42 Å². The van der Waals surface area contributed by atoms with Crippen LogP contribution in [0.4, 0.5) is 0 Å². The van der Waals surface area contributed by atoms with Gasteiger partial charge in [0.2, 0.25) is 0 Å². The van der Waals surface area contributed by atoms with E-state index in [-0.39, 0.29) is 11.2 Å². The number of nitrogens with zero attached hydrogens (tertiary/aromatic N) is 3. The Bertz CT molecular complexity index is 1310. The normalized spacial score (nSPS) is 12.4. The fourth-order valence-corrected chi connectivity index (χ4v) is 4.91. The average molecular weight is 420 g/mol. The first-order valence-corrected chi connectivity index (χ1v) is 11.5. The molecule has 0 fully saturated rings. The maximum absolute atomic E-state index is 13.2. The van der Waals surface area contributed by atoms with Crippen LogP contribution in [0.1, 0.15) is 37.7 Å². The predicted molar refractivity (Wildman–Crippen MR) is 120 cm³/mol. The summed E-state index contributed by atoms with van der Waals surface area (Å²) < 4.78 is 28.1. The summed E-state index contributed by atoms with van der Waals surface area (Å²) in [5.74, 6) is -0.121. The zero-order valence-corrected chi connectivity index (χ0v) is 18.4. The molecule has 0 saturated carbocycles. The Morgan fingerprint density at radius 2 is 1.73 bits per heavy atom. The number of hydrogen-bond donors (Lipinski definition) is 0. The summed E-state index contributed by atoms with van der Waals surface area (Å²) in [6.45, 7) is 8.20. The van der Waals surface area contributed by atoms with E-state index in [4.69, 9.17) is 0 Å². The SMILES string of the molecule is Cc1cc(CS(=O)(=O)c2ccc(C(C)(C)C)cc2)n(-c2cccc3cnccc23)n1. The van der Waals surface area contributed by atoms with E-state index in [9.17, 15) is 8.42 Å². The summed E-state index contributed by atoms with van der Waals surface area (Å²) in [4.78, 5) is 4.50. The summed E-state index contributed by atoms with van der Waals surface area (Å²) in [5.41, 5.74) is 3.33. The molecule has 2 aromatic heterocycles. The van der Waals surface area contributed by atoms with E-state index in [2.05, 4.69) is 30.9 Å². The van der Waals surface area contributed by atoms with Crippen LogP contribution in [0.3, 0.4) is 0 Å². The molecule has 0 bridgehead atoms. The van der Waals surface area contributed by atoms with Gasteiger partial charge in [-0.15, -0.1) is 0 Å². The van der Waals surface area contributed by atoms with Crippen LogP contribution in [0.5, 0.6) is 0 Å². The molecule has 4 aromatic rings. The summed E-state index contributed by atoms with van der Waals surface area (Å²) in [5, 5.41) is 6.54. The minimum Gasteiger partial charge on any atom is -0.264 e. The fraction of sp³-hybridized carbons (Fsp3) is 0.250. The molecule has 0 spiro atoms. The number of hydrogen-bond acceptors (Lipinski definition) is 4. The summed E-state index contributed by atoms with van der Waals surface area (Å²) in [7, 11) is -3.52. The highest BCUT2D eigenvalue weighted by atomic mass is 32.2. The van der Waals surface area contributed by atoms with E-state index in [0.29, 0.717) is 10.6 Å². The van der Waals surface area contributed by atoms with Gasteiger partial charge in [0, 0.05) is 23.2 Å². The molecule has 0 aliphatic heterocycles. The third-order valence-electron chi connectivity index (χ3n) is 5.21.